The van der Waals surface area contributed by atoms with Gasteiger partial charge in [0, 0.05) is 12.1 Å². The zero-order valence-electron chi connectivity index (χ0n) is 18.9. The molecule has 1 heterocycles. The third-order valence-electron chi connectivity index (χ3n) is 5.45. The number of benzene rings is 2. The summed E-state index contributed by atoms with van der Waals surface area (Å²) < 4.78 is 10.4. The molecule has 7 nitrogen and oxygen atoms in total. The number of aliphatic hydroxyl groups is 1. The Kier molecular flexibility index (Phi) is 7.89. The number of rotatable bonds is 8. The van der Waals surface area contributed by atoms with Crippen LogP contribution >= 0.6 is 23.2 Å². The van der Waals surface area contributed by atoms with Crippen molar-refractivity contribution in [2.45, 2.75) is 12.5 Å². The zero-order chi connectivity index (χ0) is 24.3. The lowest BCUT2D eigenvalue weighted by Gasteiger charge is -2.26. The van der Waals surface area contributed by atoms with Gasteiger partial charge in [-0.1, -0.05) is 35.3 Å². The zero-order valence-corrected chi connectivity index (χ0v) is 20.4. The van der Waals surface area contributed by atoms with Crippen LogP contribution < -0.4 is 9.47 Å². The maximum Gasteiger partial charge on any atom is 0.295 e. The lowest BCUT2D eigenvalue weighted by Crippen LogP contribution is -2.32. The molecule has 1 saturated heterocycles. The summed E-state index contributed by atoms with van der Waals surface area (Å²) in [7, 11) is 6.85. The van der Waals surface area contributed by atoms with Crippen molar-refractivity contribution < 1.29 is 24.2 Å². The first kappa shape index (κ1) is 24.9. The van der Waals surface area contributed by atoms with Gasteiger partial charge in [-0.25, -0.2) is 0 Å². The fourth-order valence-corrected chi connectivity index (χ4v) is 4.49. The van der Waals surface area contributed by atoms with Crippen molar-refractivity contribution in [3.8, 4) is 11.5 Å². The highest BCUT2D eigenvalue weighted by atomic mass is 35.5. The van der Waals surface area contributed by atoms with E-state index >= 15 is 0 Å². The van der Waals surface area contributed by atoms with E-state index in [9.17, 15) is 14.7 Å². The number of carbonyl (C=O) groups is 2. The molecule has 33 heavy (non-hydrogen) atoms. The van der Waals surface area contributed by atoms with Gasteiger partial charge in [-0.05, 0) is 56.9 Å². The summed E-state index contributed by atoms with van der Waals surface area (Å²) in [6.07, 6.45) is 0.660. The number of carbonyl (C=O) groups excluding carboxylic acids is 2. The average molecular weight is 493 g/mol. The first-order chi connectivity index (χ1) is 15.7. The van der Waals surface area contributed by atoms with Gasteiger partial charge in [0.25, 0.3) is 11.7 Å². The SMILES string of the molecule is COc1ccc(C2/C(=C(\O)c3cc(Cl)c(OC)c(Cl)c3)C(=O)C(=O)N2CCCN(C)C)cc1. The van der Waals surface area contributed by atoms with Gasteiger partial charge in [0.15, 0.2) is 5.75 Å². The lowest BCUT2D eigenvalue weighted by atomic mass is 9.95. The van der Waals surface area contributed by atoms with Crippen molar-refractivity contribution in [3.63, 3.8) is 0 Å². The van der Waals surface area contributed by atoms with Gasteiger partial charge >= 0.3 is 0 Å². The Hall–Kier alpha value is -2.74. The highest BCUT2D eigenvalue weighted by molar-refractivity contribution is 6.46. The van der Waals surface area contributed by atoms with E-state index in [4.69, 9.17) is 32.7 Å². The Bertz CT molecular complexity index is 1060. The second kappa shape index (κ2) is 10.5. The van der Waals surface area contributed by atoms with Crippen LogP contribution in [-0.4, -0.2) is 68.0 Å². The smallest absolute Gasteiger partial charge is 0.295 e. The highest BCUT2D eigenvalue weighted by Crippen LogP contribution is 2.42. The van der Waals surface area contributed by atoms with Crippen LogP contribution in [0.4, 0.5) is 0 Å². The molecule has 0 aliphatic carbocycles. The van der Waals surface area contributed by atoms with E-state index in [1.165, 1.54) is 24.1 Å². The monoisotopic (exact) mass is 492 g/mol. The Labute approximate surface area is 203 Å². The van der Waals surface area contributed by atoms with Gasteiger partial charge in [0.1, 0.15) is 11.5 Å². The molecule has 0 spiro atoms. The van der Waals surface area contributed by atoms with Crippen molar-refractivity contribution in [1.82, 2.24) is 9.80 Å². The first-order valence-electron chi connectivity index (χ1n) is 10.3. The third kappa shape index (κ3) is 5.11. The van der Waals surface area contributed by atoms with E-state index in [2.05, 4.69) is 0 Å². The molecule has 0 saturated carbocycles. The summed E-state index contributed by atoms with van der Waals surface area (Å²) in [6, 6.07) is 9.17. The predicted octanol–water partition coefficient (Wildman–Crippen LogP) is 4.38. The molecule has 0 radical (unpaired) electrons. The van der Waals surface area contributed by atoms with Crippen molar-refractivity contribution in [2.24, 2.45) is 0 Å². The number of methoxy groups -OCH3 is 2. The summed E-state index contributed by atoms with van der Waals surface area (Å²) >= 11 is 12.5. The van der Waals surface area contributed by atoms with E-state index < -0.39 is 17.7 Å². The van der Waals surface area contributed by atoms with E-state index in [-0.39, 0.29) is 32.7 Å². The normalized spacial score (nSPS) is 17.7. The van der Waals surface area contributed by atoms with Gasteiger partial charge < -0.3 is 24.4 Å². The molecule has 1 fully saturated rings. The van der Waals surface area contributed by atoms with Gasteiger partial charge in [0.2, 0.25) is 0 Å². The summed E-state index contributed by atoms with van der Waals surface area (Å²) in [5.74, 6) is -0.887. The number of aliphatic hydroxyl groups excluding tert-OH is 1. The molecule has 1 aliphatic heterocycles. The average Bonchev–Trinajstić information content (AvgIpc) is 3.03. The van der Waals surface area contributed by atoms with Gasteiger partial charge in [-0.15, -0.1) is 0 Å². The van der Waals surface area contributed by atoms with Gasteiger partial charge in [0.05, 0.1) is 35.9 Å². The fourth-order valence-electron chi connectivity index (χ4n) is 3.85. The molecule has 1 unspecified atom stereocenters. The molecule has 3 rings (SSSR count). The Morgan fingerprint density at radius 2 is 1.67 bits per heavy atom. The number of hydrogen-bond donors (Lipinski definition) is 1. The number of halogens is 2. The molecular formula is C24H26Cl2N2O5. The minimum atomic E-state index is -0.766. The molecule has 176 valence electrons. The Balaban J connectivity index is 2.13. The molecule has 9 heteroatoms. The van der Waals surface area contributed by atoms with Gasteiger partial charge in [-0.2, -0.15) is 0 Å². The largest absolute Gasteiger partial charge is 0.507 e. The van der Waals surface area contributed by atoms with E-state index in [1.807, 2.05) is 19.0 Å². The fraction of sp³-hybridized carbons (Fsp3) is 0.333. The number of ether oxygens (including phenoxy) is 2. The number of ketones is 1. The van der Waals surface area contributed by atoms with E-state index in [1.54, 1.807) is 31.4 Å². The molecular weight excluding hydrogens is 467 g/mol. The standard InChI is InChI=1S/C24H26Cl2N2O5/c1-27(2)10-5-11-28-20(14-6-8-16(32-3)9-7-14)19(22(30)24(28)31)21(29)15-12-17(25)23(33-4)18(26)13-15/h6-9,12-13,20,29H,5,10-11H2,1-4H3/b21-19+. The lowest BCUT2D eigenvalue weighted by molar-refractivity contribution is -0.139. The summed E-state index contributed by atoms with van der Waals surface area (Å²) in [5, 5.41) is 11.5. The van der Waals surface area contributed by atoms with Crippen LogP contribution in [0.2, 0.25) is 10.0 Å². The van der Waals surface area contributed by atoms with Crippen molar-refractivity contribution in [3.05, 3.63) is 63.1 Å². The van der Waals surface area contributed by atoms with Crippen LogP contribution in [-0.2, 0) is 9.59 Å². The molecule has 1 atom stereocenters. The Morgan fingerprint density at radius 1 is 1.06 bits per heavy atom. The van der Waals surface area contributed by atoms with Crippen LogP contribution in [0.25, 0.3) is 5.76 Å². The Morgan fingerprint density at radius 3 is 2.18 bits per heavy atom. The van der Waals surface area contributed by atoms with Crippen molar-refractivity contribution >= 4 is 40.7 Å². The number of likely N-dealkylation sites (tertiary alicyclic amines) is 1. The van der Waals surface area contributed by atoms with E-state index in [0.717, 1.165) is 6.54 Å². The molecule has 1 N–H and O–H groups in total. The van der Waals surface area contributed by atoms with Crippen molar-refractivity contribution in [2.75, 3.05) is 41.4 Å². The quantitative estimate of drug-likeness (QED) is 0.334. The van der Waals surface area contributed by atoms with Crippen LogP contribution in [0.1, 0.15) is 23.6 Å². The van der Waals surface area contributed by atoms with Gasteiger partial charge in [-0.3, -0.25) is 9.59 Å². The maximum atomic E-state index is 13.1. The molecule has 0 aromatic heterocycles. The highest BCUT2D eigenvalue weighted by Gasteiger charge is 2.45. The predicted molar refractivity (Wildman–Crippen MR) is 128 cm³/mol. The van der Waals surface area contributed by atoms with Crippen molar-refractivity contribution in [1.29, 1.82) is 0 Å². The minimum Gasteiger partial charge on any atom is -0.507 e. The van der Waals surface area contributed by atoms with Crippen LogP contribution in [0.5, 0.6) is 11.5 Å². The number of hydrogen-bond acceptors (Lipinski definition) is 6. The second-order valence-corrected chi connectivity index (χ2v) is 8.71. The first-order valence-corrected chi connectivity index (χ1v) is 11.1. The molecule has 2 aromatic carbocycles. The number of nitrogens with zero attached hydrogens (tertiary/aromatic N) is 2. The third-order valence-corrected chi connectivity index (χ3v) is 6.01. The molecule has 1 aliphatic rings. The van der Waals surface area contributed by atoms with Crippen LogP contribution in [0, 0.1) is 0 Å². The van der Waals surface area contributed by atoms with E-state index in [0.29, 0.717) is 24.3 Å². The minimum absolute atomic E-state index is 0.0210. The summed E-state index contributed by atoms with van der Waals surface area (Å²) in [5.41, 5.74) is 0.870. The second-order valence-electron chi connectivity index (χ2n) is 7.90. The van der Waals surface area contributed by atoms with Crippen LogP contribution in [0.15, 0.2) is 42.0 Å². The number of amides is 1. The number of Topliss-reactive ketones (excluding diaryl/α,β-unsaturated/α-hetero) is 1. The topological polar surface area (TPSA) is 79.3 Å². The maximum absolute atomic E-state index is 13.1. The molecule has 2 aromatic rings. The summed E-state index contributed by atoms with van der Waals surface area (Å²) in [6.45, 7) is 1.09. The molecule has 1 amide bonds. The molecule has 0 bridgehead atoms. The summed E-state index contributed by atoms with van der Waals surface area (Å²) in [4.78, 5) is 29.6. The van der Waals surface area contributed by atoms with Crippen LogP contribution in [0.3, 0.4) is 0 Å².